The SMILES string of the molecule is CCCCC(CC)CC(=O)c1csnn1. The van der Waals surface area contributed by atoms with Crippen LogP contribution in [0.15, 0.2) is 5.38 Å². The Balaban J connectivity index is 2.41. The highest BCUT2D eigenvalue weighted by atomic mass is 32.1. The highest BCUT2D eigenvalue weighted by Gasteiger charge is 2.15. The molecule has 0 aliphatic rings. The molecule has 1 aromatic heterocycles. The van der Waals surface area contributed by atoms with Crippen molar-refractivity contribution in [1.82, 2.24) is 9.59 Å². The van der Waals surface area contributed by atoms with Gasteiger partial charge >= 0.3 is 0 Å². The van der Waals surface area contributed by atoms with Gasteiger partial charge in [0.15, 0.2) is 5.78 Å². The largest absolute Gasteiger partial charge is 0.292 e. The van der Waals surface area contributed by atoms with E-state index in [4.69, 9.17) is 0 Å². The summed E-state index contributed by atoms with van der Waals surface area (Å²) in [6, 6.07) is 0. The zero-order chi connectivity index (χ0) is 11.1. The van der Waals surface area contributed by atoms with Gasteiger partial charge in [-0.15, -0.1) is 5.10 Å². The molecule has 0 N–H and O–H groups in total. The topological polar surface area (TPSA) is 42.9 Å². The van der Waals surface area contributed by atoms with Gasteiger partial charge in [-0.1, -0.05) is 44.0 Å². The molecule has 3 nitrogen and oxygen atoms in total. The highest BCUT2D eigenvalue weighted by Crippen LogP contribution is 2.18. The van der Waals surface area contributed by atoms with Crippen molar-refractivity contribution in [1.29, 1.82) is 0 Å². The minimum Gasteiger partial charge on any atom is -0.292 e. The van der Waals surface area contributed by atoms with E-state index < -0.39 is 0 Å². The molecule has 0 aliphatic carbocycles. The zero-order valence-corrected chi connectivity index (χ0v) is 10.2. The lowest BCUT2D eigenvalue weighted by molar-refractivity contribution is 0.0952. The Labute approximate surface area is 95.1 Å². The number of rotatable bonds is 7. The van der Waals surface area contributed by atoms with Crippen LogP contribution in [0, 0.1) is 5.92 Å². The van der Waals surface area contributed by atoms with Gasteiger partial charge in [-0.2, -0.15) is 0 Å². The average molecular weight is 226 g/mol. The molecular formula is C11H18N2OS. The monoisotopic (exact) mass is 226 g/mol. The molecule has 15 heavy (non-hydrogen) atoms. The Morgan fingerprint density at radius 3 is 2.87 bits per heavy atom. The van der Waals surface area contributed by atoms with Crippen LogP contribution in [0.1, 0.15) is 56.4 Å². The van der Waals surface area contributed by atoms with Crippen LogP contribution < -0.4 is 0 Å². The maximum Gasteiger partial charge on any atom is 0.184 e. The van der Waals surface area contributed by atoms with Gasteiger partial charge in [-0.25, -0.2) is 0 Å². The molecule has 1 heterocycles. The van der Waals surface area contributed by atoms with Crippen LogP contribution in [0.5, 0.6) is 0 Å². The standard InChI is InChI=1S/C11H18N2OS/c1-3-5-6-9(4-2)7-11(14)10-8-15-13-12-10/h8-9H,3-7H2,1-2H3. The average Bonchev–Trinajstić information content (AvgIpc) is 2.77. The summed E-state index contributed by atoms with van der Waals surface area (Å²) in [5, 5.41) is 5.53. The van der Waals surface area contributed by atoms with Crippen LogP contribution in [0.2, 0.25) is 0 Å². The van der Waals surface area contributed by atoms with Crippen LogP contribution in [0.3, 0.4) is 0 Å². The highest BCUT2D eigenvalue weighted by molar-refractivity contribution is 7.03. The fourth-order valence-corrected chi connectivity index (χ4v) is 2.06. The van der Waals surface area contributed by atoms with E-state index >= 15 is 0 Å². The minimum atomic E-state index is 0.145. The third-order valence-electron chi connectivity index (χ3n) is 2.66. The third kappa shape index (κ3) is 4.08. The molecule has 1 unspecified atom stereocenters. The molecule has 0 radical (unpaired) electrons. The van der Waals surface area contributed by atoms with Gasteiger partial charge in [-0.05, 0) is 17.5 Å². The van der Waals surface area contributed by atoms with Crippen molar-refractivity contribution in [2.24, 2.45) is 5.92 Å². The predicted molar refractivity (Wildman–Crippen MR) is 62.2 cm³/mol. The first-order chi connectivity index (χ1) is 7.27. The van der Waals surface area contributed by atoms with Gasteiger partial charge in [-0.3, -0.25) is 4.79 Å². The smallest absolute Gasteiger partial charge is 0.184 e. The maximum atomic E-state index is 11.7. The molecule has 1 aromatic rings. The molecule has 1 rings (SSSR count). The quantitative estimate of drug-likeness (QED) is 0.670. The maximum absolute atomic E-state index is 11.7. The van der Waals surface area contributed by atoms with Crippen LogP contribution >= 0.6 is 11.5 Å². The number of carbonyl (C=O) groups excluding carboxylic acids is 1. The number of carbonyl (C=O) groups is 1. The summed E-state index contributed by atoms with van der Waals surface area (Å²) < 4.78 is 3.71. The first-order valence-corrected chi connectivity index (χ1v) is 6.41. The van der Waals surface area contributed by atoms with Crippen molar-refractivity contribution in [3.63, 3.8) is 0 Å². The zero-order valence-electron chi connectivity index (χ0n) is 9.40. The van der Waals surface area contributed by atoms with Crippen molar-refractivity contribution < 1.29 is 4.79 Å². The lowest BCUT2D eigenvalue weighted by Gasteiger charge is -2.11. The number of aromatic nitrogens is 2. The number of unbranched alkanes of at least 4 members (excludes halogenated alkanes) is 1. The lowest BCUT2D eigenvalue weighted by Crippen LogP contribution is -2.08. The molecule has 0 aliphatic heterocycles. The summed E-state index contributed by atoms with van der Waals surface area (Å²) in [5.74, 6) is 0.658. The van der Waals surface area contributed by atoms with E-state index in [1.54, 1.807) is 5.38 Å². The number of Topliss-reactive ketones (excluding diaryl/α,β-unsaturated/α-hetero) is 1. The molecule has 84 valence electrons. The Kier molecular flexibility index (Phi) is 5.47. The van der Waals surface area contributed by atoms with Crippen molar-refractivity contribution in [3.05, 3.63) is 11.1 Å². The number of hydrogen-bond acceptors (Lipinski definition) is 4. The van der Waals surface area contributed by atoms with E-state index in [0.29, 0.717) is 18.0 Å². The molecule has 0 spiro atoms. The van der Waals surface area contributed by atoms with Gasteiger partial charge < -0.3 is 0 Å². The molecule has 0 saturated carbocycles. The molecular weight excluding hydrogens is 208 g/mol. The van der Waals surface area contributed by atoms with E-state index in [-0.39, 0.29) is 5.78 Å². The van der Waals surface area contributed by atoms with Crippen LogP contribution in [-0.4, -0.2) is 15.4 Å². The van der Waals surface area contributed by atoms with Crippen molar-refractivity contribution in [3.8, 4) is 0 Å². The Hall–Kier alpha value is -0.770. The van der Waals surface area contributed by atoms with Crippen molar-refractivity contribution in [2.75, 3.05) is 0 Å². The van der Waals surface area contributed by atoms with Gasteiger partial charge in [0.05, 0.1) is 0 Å². The lowest BCUT2D eigenvalue weighted by atomic mass is 9.93. The second-order valence-corrected chi connectivity index (χ2v) is 4.44. The summed E-state index contributed by atoms with van der Waals surface area (Å²) in [6.07, 6.45) is 5.26. The van der Waals surface area contributed by atoms with E-state index in [9.17, 15) is 4.79 Å². The minimum absolute atomic E-state index is 0.145. The van der Waals surface area contributed by atoms with Crippen LogP contribution in [0.4, 0.5) is 0 Å². The molecule has 4 heteroatoms. The van der Waals surface area contributed by atoms with Crippen molar-refractivity contribution >= 4 is 17.3 Å². The molecule has 0 bridgehead atoms. The summed E-state index contributed by atoms with van der Waals surface area (Å²) in [4.78, 5) is 11.7. The molecule has 0 amide bonds. The van der Waals surface area contributed by atoms with Crippen LogP contribution in [-0.2, 0) is 0 Å². The second kappa shape index (κ2) is 6.67. The Morgan fingerprint density at radius 1 is 1.53 bits per heavy atom. The number of hydrogen-bond donors (Lipinski definition) is 0. The molecule has 0 aromatic carbocycles. The molecule has 0 fully saturated rings. The summed E-state index contributed by atoms with van der Waals surface area (Å²) in [6.45, 7) is 4.33. The predicted octanol–water partition coefficient (Wildman–Crippen LogP) is 3.33. The van der Waals surface area contributed by atoms with Gasteiger partial charge in [0.2, 0.25) is 0 Å². The van der Waals surface area contributed by atoms with Gasteiger partial charge in [0, 0.05) is 11.8 Å². The van der Waals surface area contributed by atoms with Gasteiger partial charge in [0.1, 0.15) is 5.69 Å². The normalized spacial score (nSPS) is 12.7. The van der Waals surface area contributed by atoms with E-state index in [1.807, 2.05) is 0 Å². The van der Waals surface area contributed by atoms with E-state index in [1.165, 1.54) is 24.4 Å². The van der Waals surface area contributed by atoms with Gasteiger partial charge in [0.25, 0.3) is 0 Å². The fourth-order valence-electron chi connectivity index (χ4n) is 1.60. The third-order valence-corrected chi connectivity index (χ3v) is 3.17. The summed E-state index contributed by atoms with van der Waals surface area (Å²) >= 11 is 1.24. The van der Waals surface area contributed by atoms with E-state index in [0.717, 1.165) is 12.8 Å². The number of ketones is 1. The Bertz CT molecular complexity index is 285. The molecule has 0 saturated heterocycles. The van der Waals surface area contributed by atoms with Crippen LogP contribution in [0.25, 0.3) is 0 Å². The second-order valence-electron chi connectivity index (χ2n) is 3.83. The van der Waals surface area contributed by atoms with Crippen molar-refractivity contribution in [2.45, 2.75) is 46.0 Å². The van der Waals surface area contributed by atoms with E-state index in [2.05, 4.69) is 23.4 Å². The fraction of sp³-hybridized carbons (Fsp3) is 0.727. The number of nitrogens with zero attached hydrogens (tertiary/aromatic N) is 2. The molecule has 1 atom stereocenters. The summed E-state index contributed by atoms with van der Waals surface area (Å²) in [7, 11) is 0. The Morgan fingerprint density at radius 2 is 2.33 bits per heavy atom. The summed E-state index contributed by atoms with van der Waals surface area (Å²) in [5.41, 5.74) is 0.537. The first kappa shape index (κ1) is 12.3. The first-order valence-electron chi connectivity index (χ1n) is 5.58.